The van der Waals surface area contributed by atoms with Crippen molar-refractivity contribution in [1.29, 1.82) is 0 Å². The molecule has 0 aromatic rings. The van der Waals surface area contributed by atoms with Crippen LogP contribution >= 0.6 is 12.4 Å². The van der Waals surface area contributed by atoms with Crippen LogP contribution in [0, 0.1) is 17.3 Å². The molecule has 0 aliphatic carbocycles. The Morgan fingerprint density at radius 1 is 1.39 bits per heavy atom. The molecule has 1 fully saturated rings. The number of carbonyl (C=O) groups excluding carboxylic acids is 1. The van der Waals surface area contributed by atoms with Gasteiger partial charge >= 0.3 is 0 Å². The highest BCUT2D eigenvalue weighted by atomic mass is 35.5. The van der Waals surface area contributed by atoms with Crippen molar-refractivity contribution in [2.24, 2.45) is 23.0 Å². The van der Waals surface area contributed by atoms with E-state index in [-0.39, 0.29) is 17.8 Å². The molecule has 18 heavy (non-hydrogen) atoms. The second-order valence-corrected chi connectivity index (χ2v) is 6.52. The Balaban J connectivity index is 0.00000289. The first kappa shape index (κ1) is 17.7. The van der Waals surface area contributed by atoms with Gasteiger partial charge in [-0.2, -0.15) is 0 Å². The van der Waals surface area contributed by atoms with Crippen molar-refractivity contribution < 1.29 is 4.79 Å². The molecule has 4 heteroatoms. The van der Waals surface area contributed by atoms with Gasteiger partial charge in [-0.25, -0.2) is 0 Å². The minimum Gasteiger partial charge on any atom is -0.342 e. The normalized spacial score (nSPS) is 25.1. The maximum atomic E-state index is 12.1. The average molecular weight is 277 g/mol. The van der Waals surface area contributed by atoms with Crippen LogP contribution in [-0.2, 0) is 4.79 Å². The lowest BCUT2D eigenvalue weighted by molar-refractivity contribution is -0.131. The van der Waals surface area contributed by atoms with E-state index in [1.54, 1.807) is 0 Å². The molecule has 1 aliphatic rings. The van der Waals surface area contributed by atoms with Crippen molar-refractivity contribution in [2.45, 2.75) is 47.0 Å². The second-order valence-electron chi connectivity index (χ2n) is 6.52. The fraction of sp³-hybridized carbons (Fsp3) is 0.929. The van der Waals surface area contributed by atoms with Gasteiger partial charge in [0.1, 0.15) is 0 Å². The summed E-state index contributed by atoms with van der Waals surface area (Å²) in [4.78, 5) is 14.1. The highest BCUT2D eigenvalue weighted by Crippen LogP contribution is 2.29. The molecule has 2 atom stereocenters. The van der Waals surface area contributed by atoms with Gasteiger partial charge in [0.2, 0.25) is 5.91 Å². The van der Waals surface area contributed by atoms with Gasteiger partial charge in [-0.15, -0.1) is 12.4 Å². The number of hydrogen-bond acceptors (Lipinski definition) is 2. The number of nitrogens with zero attached hydrogens (tertiary/aromatic N) is 1. The van der Waals surface area contributed by atoms with E-state index in [1.165, 1.54) is 0 Å². The number of hydrogen-bond donors (Lipinski definition) is 1. The Labute approximate surface area is 118 Å². The predicted octanol–water partition coefficient (Wildman–Crippen LogP) is 2.68. The molecule has 1 heterocycles. The highest BCUT2D eigenvalue weighted by molar-refractivity contribution is 5.85. The molecule has 1 aliphatic heterocycles. The first-order valence-corrected chi connectivity index (χ1v) is 6.84. The van der Waals surface area contributed by atoms with Crippen LogP contribution in [0.5, 0.6) is 0 Å². The smallest absolute Gasteiger partial charge is 0.222 e. The monoisotopic (exact) mass is 276 g/mol. The Morgan fingerprint density at radius 2 is 2.00 bits per heavy atom. The topological polar surface area (TPSA) is 46.3 Å². The van der Waals surface area contributed by atoms with E-state index in [9.17, 15) is 4.79 Å². The number of likely N-dealkylation sites (tertiary alicyclic amines) is 1. The molecule has 108 valence electrons. The van der Waals surface area contributed by atoms with Crippen molar-refractivity contribution >= 4 is 18.3 Å². The van der Waals surface area contributed by atoms with Gasteiger partial charge in [0, 0.05) is 19.5 Å². The van der Waals surface area contributed by atoms with Gasteiger partial charge in [-0.3, -0.25) is 4.79 Å². The van der Waals surface area contributed by atoms with Gasteiger partial charge in [0.25, 0.3) is 0 Å². The molecule has 0 aromatic carbocycles. The van der Waals surface area contributed by atoms with Crippen LogP contribution in [0.3, 0.4) is 0 Å². The van der Waals surface area contributed by atoms with Gasteiger partial charge in [-0.1, -0.05) is 27.7 Å². The number of rotatable bonds is 5. The van der Waals surface area contributed by atoms with Crippen molar-refractivity contribution in [3.63, 3.8) is 0 Å². The molecular formula is C14H29ClN2O. The number of nitrogens with two attached hydrogens (primary N) is 1. The Hall–Kier alpha value is -0.280. The van der Waals surface area contributed by atoms with Crippen molar-refractivity contribution in [3.8, 4) is 0 Å². The molecule has 0 aromatic heterocycles. The van der Waals surface area contributed by atoms with E-state index in [0.717, 1.165) is 25.9 Å². The summed E-state index contributed by atoms with van der Waals surface area (Å²) < 4.78 is 0. The van der Waals surface area contributed by atoms with Crippen LogP contribution in [-0.4, -0.2) is 30.4 Å². The summed E-state index contributed by atoms with van der Waals surface area (Å²) in [5, 5.41) is 0. The standard InChI is InChI=1S/C14H28N2O.ClH/c1-11(2)7-12(3)8-13(17)16-6-5-14(4,9-15)10-16;/h11-12H,5-10,15H2,1-4H3;1H. The molecule has 1 rings (SSSR count). The third-order valence-electron chi connectivity index (χ3n) is 3.80. The predicted molar refractivity (Wildman–Crippen MR) is 78.8 cm³/mol. The largest absolute Gasteiger partial charge is 0.342 e. The van der Waals surface area contributed by atoms with Crippen LogP contribution in [0.4, 0.5) is 0 Å². The Kier molecular flexibility index (Phi) is 7.23. The minimum absolute atomic E-state index is 0. The van der Waals surface area contributed by atoms with Gasteiger partial charge in [0.15, 0.2) is 0 Å². The van der Waals surface area contributed by atoms with Gasteiger partial charge < -0.3 is 10.6 Å². The summed E-state index contributed by atoms with van der Waals surface area (Å²) in [6, 6.07) is 0. The molecule has 1 amide bonds. The van der Waals surface area contributed by atoms with Crippen molar-refractivity contribution in [1.82, 2.24) is 4.90 Å². The van der Waals surface area contributed by atoms with E-state index in [2.05, 4.69) is 27.7 Å². The molecule has 0 radical (unpaired) electrons. The summed E-state index contributed by atoms with van der Waals surface area (Å²) in [7, 11) is 0. The molecule has 0 bridgehead atoms. The lowest BCUT2D eigenvalue weighted by atomic mass is 9.90. The van der Waals surface area contributed by atoms with E-state index in [4.69, 9.17) is 5.73 Å². The zero-order valence-electron chi connectivity index (χ0n) is 12.2. The van der Waals surface area contributed by atoms with Gasteiger partial charge in [-0.05, 0) is 36.6 Å². The summed E-state index contributed by atoms with van der Waals surface area (Å²) in [5.41, 5.74) is 5.91. The average Bonchev–Trinajstić information content (AvgIpc) is 2.60. The van der Waals surface area contributed by atoms with Crippen LogP contribution in [0.25, 0.3) is 0 Å². The van der Waals surface area contributed by atoms with Crippen LogP contribution in [0.15, 0.2) is 0 Å². The lowest BCUT2D eigenvalue weighted by Crippen LogP contribution is -2.35. The second kappa shape index (κ2) is 7.34. The summed E-state index contributed by atoms with van der Waals surface area (Å²) >= 11 is 0. The fourth-order valence-electron chi connectivity index (χ4n) is 2.72. The zero-order valence-corrected chi connectivity index (χ0v) is 13.1. The van der Waals surface area contributed by atoms with E-state index in [0.29, 0.717) is 30.7 Å². The maximum absolute atomic E-state index is 12.1. The van der Waals surface area contributed by atoms with Crippen LogP contribution in [0.2, 0.25) is 0 Å². The minimum atomic E-state index is 0. The highest BCUT2D eigenvalue weighted by Gasteiger charge is 2.34. The molecule has 2 N–H and O–H groups in total. The van der Waals surface area contributed by atoms with E-state index >= 15 is 0 Å². The van der Waals surface area contributed by atoms with Crippen molar-refractivity contribution in [2.75, 3.05) is 19.6 Å². The molecule has 0 saturated carbocycles. The summed E-state index contributed by atoms with van der Waals surface area (Å²) in [6.07, 6.45) is 2.88. The Morgan fingerprint density at radius 3 is 2.44 bits per heavy atom. The maximum Gasteiger partial charge on any atom is 0.222 e. The first-order valence-electron chi connectivity index (χ1n) is 6.84. The fourth-order valence-corrected chi connectivity index (χ4v) is 2.72. The SMILES string of the molecule is CC(C)CC(C)CC(=O)N1CCC(C)(CN)C1.Cl. The molecule has 3 nitrogen and oxygen atoms in total. The summed E-state index contributed by atoms with van der Waals surface area (Å²) in [6.45, 7) is 11.2. The first-order chi connectivity index (χ1) is 7.86. The zero-order chi connectivity index (χ0) is 13.1. The third kappa shape index (κ3) is 5.15. The van der Waals surface area contributed by atoms with E-state index < -0.39 is 0 Å². The number of carbonyl (C=O) groups is 1. The third-order valence-corrected chi connectivity index (χ3v) is 3.80. The van der Waals surface area contributed by atoms with E-state index in [1.807, 2.05) is 4.90 Å². The molecular weight excluding hydrogens is 248 g/mol. The molecule has 2 unspecified atom stereocenters. The quantitative estimate of drug-likeness (QED) is 0.839. The Bertz CT molecular complexity index is 271. The molecule has 0 spiro atoms. The van der Waals surface area contributed by atoms with Crippen molar-refractivity contribution in [3.05, 3.63) is 0 Å². The van der Waals surface area contributed by atoms with Crippen LogP contribution in [0.1, 0.15) is 47.0 Å². The molecule has 1 saturated heterocycles. The summed E-state index contributed by atoms with van der Waals surface area (Å²) in [5.74, 6) is 1.48. The van der Waals surface area contributed by atoms with Crippen LogP contribution < -0.4 is 5.73 Å². The van der Waals surface area contributed by atoms with Gasteiger partial charge in [0.05, 0.1) is 0 Å². The number of halogens is 1. The lowest BCUT2D eigenvalue weighted by Gasteiger charge is -2.23. The number of amides is 1.